The van der Waals surface area contributed by atoms with Crippen LogP contribution in [-0.4, -0.2) is 13.0 Å². The Bertz CT molecular complexity index is 567. The highest BCUT2D eigenvalue weighted by molar-refractivity contribution is 9.10. The smallest absolute Gasteiger partial charge is 0.251 e. The first-order valence-corrected chi connectivity index (χ1v) is 6.79. The van der Waals surface area contributed by atoms with Gasteiger partial charge >= 0.3 is 0 Å². The number of carbonyl (C=O) groups is 1. The van der Waals surface area contributed by atoms with Crippen LogP contribution < -0.4 is 10.6 Å². The van der Waals surface area contributed by atoms with Crippen molar-refractivity contribution in [3.8, 4) is 0 Å². The molecule has 0 heterocycles. The fraction of sp³-hybridized carbons (Fsp3) is 0.133. The van der Waals surface area contributed by atoms with E-state index in [1.165, 1.54) is 5.56 Å². The minimum absolute atomic E-state index is 0.0708. The van der Waals surface area contributed by atoms with E-state index in [-0.39, 0.29) is 5.91 Å². The molecule has 0 radical (unpaired) electrons. The largest absolute Gasteiger partial charge is 0.381 e. The predicted molar refractivity (Wildman–Crippen MR) is 81.3 cm³/mol. The maximum absolute atomic E-state index is 11.4. The summed E-state index contributed by atoms with van der Waals surface area (Å²) in [6, 6.07) is 15.6. The van der Waals surface area contributed by atoms with Gasteiger partial charge in [-0.3, -0.25) is 4.79 Å². The average molecular weight is 319 g/mol. The lowest BCUT2D eigenvalue weighted by atomic mass is 10.2. The van der Waals surface area contributed by atoms with Crippen LogP contribution >= 0.6 is 15.9 Å². The molecular formula is C15H15BrN2O. The van der Waals surface area contributed by atoms with E-state index >= 15 is 0 Å². The topological polar surface area (TPSA) is 41.1 Å². The molecule has 0 saturated heterocycles. The Balaban J connectivity index is 1.98. The molecular weight excluding hydrogens is 304 g/mol. The first-order valence-electron chi connectivity index (χ1n) is 5.99. The van der Waals surface area contributed by atoms with Crippen LogP contribution in [0.3, 0.4) is 0 Å². The van der Waals surface area contributed by atoms with Crippen molar-refractivity contribution in [3.05, 3.63) is 64.1 Å². The fourth-order valence-electron chi connectivity index (χ4n) is 1.73. The average Bonchev–Trinajstić information content (AvgIpc) is 2.45. The van der Waals surface area contributed by atoms with Crippen LogP contribution in [0.2, 0.25) is 0 Å². The number of rotatable bonds is 4. The second kappa shape index (κ2) is 6.38. The van der Waals surface area contributed by atoms with E-state index in [2.05, 4.69) is 38.7 Å². The van der Waals surface area contributed by atoms with E-state index in [0.29, 0.717) is 5.56 Å². The van der Waals surface area contributed by atoms with Gasteiger partial charge in [0.2, 0.25) is 0 Å². The molecule has 2 aromatic rings. The van der Waals surface area contributed by atoms with Crippen molar-refractivity contribution in [1.29, 1.82) is 0 Å². The Labute approximate surface area is 121 Å². The van der Waals surface area contributed by atoms with Crippen LogP contribution in [0, 0.1) is 0 Å². The van der Waals surface area contributed by atoms with E-state index in [4.69, 9.17) is 0 Å². The summed E-state index contributed by atoms with van der Waals surface area (Å²) in [7, 11) is 1.63. The summed E-state index contributed by atoms with van der Waals surface area (Å²) in [6.45, 7) is 0.749. The Morgan fingerprint density at radius 3 is 2.53 bits per heavy atom. The molecule has 0 aromatic heterocycles. The molecule has 0 fully saturated rings. The third kappa shape index (κ3) is 3.83. The van der Waals surface area contributed by atoms with Crippen molar-refractivity contribution in [1.82, 2.24) is 5.32 Å². The molecule has 0 aliphatic rings. The molecule has 0 bridgehead atoms. The number of anilines is 1. The third-order valence-electron chi connectivity index (χ3n) is 2.76. The number of nitrogens with one attached hydrogen (secondary N) is 2. The Hall–Kier alpha value is -1.81. The van der Waals surface area contributed by atoms with Gasteiger partial charge in [-0.05, 0) is 42.0 Å². The number of benzene rings is 2. The van der Waals surface area contributed by atoms with Crippen molar-refractivity contribution < 1.29 is 4.79 Å². The van der Waals surface area contributed by atoms with E-state index < -0.39 is 0 Å². The first-order chi connectivity index (χ1) is 9.19. The van der Waals surface area contributed by atoms with Crippen molar-refractivity contribution in [2.45, 2.75) is 6.54 Å². The highest BCUT2D eigenvalue weighted by atomic mass is 79.9. The summed E-state index contributed by atoms with van der Waals surface area (Å²) in [5, 5.41) is 5.92. The highest BCUT2D eigenvalue weighted by Crippen LogP contribution is 2.14. The molecule has 4 heteroatoms. The molecule has 0 saturated carbocycles. The lowest BCUT2D eigenvalue weighted by Gasteiger charge is -2.07. The maximum Gasteiger partial charge on any atom is 0.251 e. The SMILES string of the molecule is CNC(=O)c1ccc(NCc2cccc(Br)c2)cc1. The van der Waals surface area contributed by atoms with Gasteiger partial charge in [0.25, 0.3) is 5.91 Å². The Kier molecular flexibility index (Phi) is 4.58. The molecule has 0 atom stereocenters. The van der Waals surface area contributed by atoms with E-state index in [1.807, 2.05) is 36.4 Å². The molecule has 98 valence electrons. The zero-order valence-electron chi connectivity index (χ0n) is 10.6. The summed E-state index contributed by atoms with van der Waals surface area (Å²) in [6.07, 6.45) is 0. The van der Waals surface area contributed by atoms with Gasteiger partial charge in [-0.1, -0.05) is 28.1 Å². The molecule has 2 aromatic carbocycles. The number of carbonyl (C=O) groups excluding carboxylic acids is 1. The van der Waals surface area contributed by atoms with Crippen LogP contribution in [0.15, 0.2) is 53.0 Å². The standard InChI is InChI=1S/C15H15BrN2O/c1-17-15(19)12-5-7-14(8-6-12)18-10-11-3-2-4-13(16)9-11/h2-9,18H,10H2,1H3,(H,17,19). The number of hydrogen-bond acceptors (Lipinski definition) is 2. The minimum atomic E-state index is -0.0708. The zero-order valence-corrected chi connectivity index (χ0v) is 12.2. The van der Waals surface area contributed by atoms with Crippen molar-refractivity contribution in [2.75, 3.05) is 12.4 Å². The third-order valence-corrected chi connectivity index (χ3v) is 3.25. The van der Waals surface area contributed by atoms with E-state index in [1.54, 1.807) is 7.05 Å². The molecule has 0 spiro atoms. The van der Waals surface area contributed by atoms with Crippen molar-refractivity contribution >= 4 is 27.5 Å². The van der Waals surface area contributed by atoms with Gasteiger partial charge in [-0.2, -0.15) is 0 Å². The number of amides is 1. The number of hydrogen-bond donors (Lipinski definition) is 2. The number of halogens is 1. The second-order valence-corrected chi connectivity index (χ2v) is 5.06. The summed E-state index contributed by atoms with van der Waals surface area (Å²) in [5.74, 6) is -0.0708. The molecule has 2 N–H and O–H groups in total. The van der Waals surface area contributed by atoms with Gasteiger partial charge in [0.05, 0.1) is 0 Å². The van der Waals surface area contributed by atoms with E-state index in [0.717, 1.165) is 16.7 Å². The van der Waals surface area contributed by atoms with Gasteiger partial charge < -0.3 is 10.6 Å². The first kappa shape index (κ1) is 13.6. The Morgan fingerprint density at radius 2 is 1.89 bits per heavy atom. The van der Waals surface area contributed by atoms with Gasteiger partial charge in [0, 0.05) is 29.3 Å². The highest BCUT2D eigenvalue weighted by Gasteiger charge is 2.02. The van der Waals surface area contributed by atoms with Gasteiger partial charge in [-0.25, -0.2) is 0 Å². The van der Waals surface area contributed by atoms with Crippen LogP contribution in [0.5, 0.6) is 0 Å². The molecule has 0 aliphatic heterocycles. The van der Waals surface area contributed by atoms with Gasteiger partial charge in [-0.15, -0.1) is 0 Å². The summed E-state index contributed by atoms with van der Waals surface area (Å²) >= 11 is 3.45. The minimum Gasteiger partial charge on any atom is -0.381 e. The summed E-state index contributed by atoms with van der Waals surface area (Å²) in [5.41, 5.74) is 2.85. The maximum atomic E-state index is 11.4. The van der Waals surface area contributed by atoms with E-state index in [9.17, 15) is 4.79 Å². The fourth-order valence-corrected chi connectivity index (χ4v) is 2.18. The predicted octanol–water partition coefficient (Wildman–Crippen LogP) is 3.42. The summed E-state index contributed by atoms with van der Waals surface area (Å²) < 4.78 is 1.07. The Morgan fingerprint density at radius 1 is 1.16 bits per heavy atom. The zero-order chi connectivity index (χ0) is 13.7. The van der Waals surface area contributed by atoms with Crippen molar-refractivity contribution in [2.24, 2.45) is 0 Å². The molecule has 2 rings (SSSR count). The molecule has 1 amide bonds. The molecule has 19 heavy (non-hydrogen) atoms. The van der Waals surface area contributed by atoms with Crippen molar-refractivity contribution in [3.63, 3.8) is 0 Å². The van der Waals surface area contributed by atoms with Gasteiger partial charge in [0.15, 0.2) is 0 Å². The van der Waals surface area contributed by atoms with Crippen LogP contribution in [-0.2, 0) is 6.54 Å². The van der Waals surface area contributed by atoms with Crippen LogP contribution in [0.1, 0.15) is 15.9 Å². The quantitative estimate of drug-likeness (QED) is 0.907. The lowest BCUT2D eigenvalue weighted by molar-refractivity contribution is 0.0963. The van der Waals surface area contributed by atoms with Crippen LogP contribution in [0.25, 0.3) is 0 Å². The molecule has 3 nitrogen and oxygen atoms in total. The van der Waals surface area contributed by atoms with Crippen LogP contribution in [0.4, 0.5) is 5.69 Å². The lowest BCUT2D eigenvalue weighted by Crippen LogP contribution is -2.17. The molecule has 0 unspecified atom stereocenters. The van der Waals surface area contributed by atoms with Gasteiger partial charge in [0.1, 0.15) is 0 Å². The second-order valence-electron chi connectivity index (χ2n) is 4.14. The summed E-state index contributed by atoms with van der Waals surface area (Å²) in [4.78, 5) is 11.4. The normalized spacial score (nSPS) is 10.0. The monoisotopic (exact) mass is 318 g/mol. The molecule has 0 aliphatic carbocycles.